The van der Waals surface area contributed by atoms with Crippen LogP contribution in [0.25, 0.3) is 0 Å². The number of allylic oxidation sites excluding steroid dienone is 1. The summed E-state index contributed by atoms with van der Waals surface area (Å²) in [6.07, 6.45) is 10.4. The second kappa shape index (κ2) is 5.92. The van der Waals surface area contributed by atoms with Gasteiger partial charge in [0.2, 0.25) is 0 Å². The van der Waals surface area contributed by atoms with Gasteiger partial charge in [0.25, 0.3) is 0 Å². The van der Waals surface area contributed by atoms with E-state index >= 15 is 0 Å². The summed E-state index contributed by atoms with van der Waals surface area (Å²) in [7, 11) is 0. The number of aliphatic hydroxyl groups excluding tert-OH is 1. The van der Waals surface area contributed by atoms with E-state index in [1.54, 1.807) is 0 Å². The Balaban J connectivity index is 2.60. The molecule has 0 heterocycles. The Morgan fingerprint density at radius 1 is 1.31 bits per heavy atom. The zero-order valence-corrected chi connectivity index (χ0v) is 8.13. The predicted octanol–water partition coefficient (Wildman–Crippen LogP) is 2.53. The van der Waals surface area contributed by atoms with Gasteiger partial charge in [-0.15, -0.1) is 0 Å². The van der Waals surface area contributed by atoms with Crippen LogP contribution in [-0.4, -0.2) is 17.9 Å². The molecule has 0 aromatic carbocycles. The lowest BCUT2D eigenvalue weighted by molar-refractivity contribution is 0.230. The van der Waals surface area contributed by atoms with Crippen molar-refractivity contribution >= 4 is 6.21 Å². The van der Waals surface area contributed by atoms with Crippen LogP contribution in [0.4, 0.5) is 0 Å². The van der Waals surface area contributed by atoms with E-state index in [1.165, 1.54) is 37.5 Å². The number of nitrogens with one attached hydrogen (secondary N) is 1. The fraction of sp³-hybridized carbons (Fsp3) is 0.727. The molecular weight excluding hydrogens is 162 g/mol. The largest absolute Gasteiger partial charge is 0.396 e. The fourth-order valence-electron chi connectivity index (χ4n) is 2.00. The first-order chi connectivity index (χ1) is 6.38. The number of hydrogen-bond acceptors (Lipinski definition) is 2. The van der Waals surface area contributed by atoms with Gasteiger partial charge in [-0.2, -0.15) is 0 Å². The van der Waals surface area contributed by atoms with Crippen molar-refractivity contribution in [2.45, 2.75) is 38.5 Å². The maximum Gasteiger partial charge on any atom is 0.0496 e. The van der Waals surface area contributed by atoms with Gasteiger partial charge in [0.15, 0.2) is 0 Å². The zero-order chi connectivity index (χ0) is 9.52. The molecule has 2 heteroatoms. The Morgan fingerprint density at radius 2 is 2.08 bits per heavy atom. The third-order valence-corrected chi connectivity index (χ3v) is 2.81. The third-order valence-electron chi connectivity index (χ3n) is 2.81. The van der Waals surface area contributed by atoms with Crippen LogP contribution < -0.4 is 0 Å². The van der Waals surface area contributed by atoms with Crippen LogP contribution in [0.2, 0.25) is 0 Å². The van der Waals surface area contributed by atoms with Gasteiger partial charge in [-0.25, -0.2) is 0 Å². The summed E-state index contributed by atoms with van der Waals surface area (Å²) in [5, 5.41) is 16.2. The second-order valence-corrected chi connectivity index (χ2v) is 3.74. The summed E-state index contributed by atoms with van der Waals surface area (Å²) in [6, 6.07) is 0. The summed E-state index contributed by atoms with van der Waals surface area (Å²) < 4.78 is 0. The molecule has 1 aliphatic carbocycles. The molecule has 0 aromatic heterocycles. The average molecular weight is 181 g/mol. The molecule has 0 aromatic rings. The topological polar surface area (TPSA) is 44.1 Å². The average Bonchev–Trinajstić information content (AvgIpc) is 2.10. The van der Waals surface area contributed by atoms with Gasteiger partial charge < -0.3 is 10.5 Å². The van der Waals surface area contributed by atoms with Crippen molar-refractivity contribution in [1.29, 1.82) is 5.41 Å². The Morgan fingerprint density at radius 3 is 2.77 bits per heavy atom. The molecule has 0 radical (unpaired) electrons. The molecule has 2 N–H and O–H groups in total. The smallest absolute Gasteiger partial charge is 0.0496 e. The first kappa shape index (κ1) is 10.5. The molecule has 0 saturated heterocycles. The summed E-state index contributed by atoms with van der Waals surface area (Å²) in [5.74, 6) is 0.321. The molecule has 0 amide bonds. The zero-order valence-electron chi connectivity index (χ0n) is 8.13. The van der Waals surface area contributed by atoms with E-state index in [4.69, 9.17) is 5.41 Å². The highest BCUT2D eigenvalue weighted by molar-refractivity contribution is 5.69. The SMILES string of the molecule is N=C/C=C1\CCCCCCC1CO. The maximum atomic E-state index is 9.19. The van der Waals surface area contributed by atoms with Crippen LogP contribution in [0.3, 0.4) is 0 Å². The van der Waals surface area contributed by atoms with Gasteiger partial charge in [0.1, 0.15) is 0 Å². The normalized spacial score (nSPS) is 28.1. The van der Waals surface area contributed by atoms with Crippen molar-refractivity contribution in [3.05, 3.63) is 11.6 Å². The molecule has 0 aliphatic heterocycles. The van der Waals surface area contributed by atoms with E-state index in [9.17, 15) is 5.11 Å². The van der Waals surface area contributed by atoms with Crippen LogP contribution >= 0.6 is 0 Å². The molecule has 1 unspecified atom stereocenters. The summed E-state index contributed by atoms with van der Waals surface area (Å²) in [5.41, 5.74) is 1.28. The van der Waals surface area contributed by atoms with E-state index in [2.05, 4.69) is 0 Å². The van der Waals surface area contributed by atoms with Gasteiger partial charge in [0, 0.05) is 18.7 Å². The summed E-state index contributed by atoms with van der Waals surface area (Å²) in [6.45, 7) is 0.250. The van der Waals surface area contributed by atoms with Gasteiger partial charge in [-0.05, 0) is 25.3 Å². The molecule has 13 heavy (non-hydrogen) atoms. The first-order valence-corrected chi connectivity index (χ1v) is 5.19. The quantitative estimate of drug-likeness (QED) is 0.632. The molecule has 1 atom stereocenters. The van der Waals surface area contributed by atoms with E-state index in [0.717, 1.165) is 12.8 Å². The van der Waals surface area contributed by atoms with E-state index in [1.807, 2.05) is 6.08 Å². The van der Waals surface area contributed by atoms with Crippen molar-refractivity contribution < 1.29 is 5.11 Å². The molecule has 0 spiro atoms. The van der Waals surface area contributed by atoms with Crippen molar-refractivity contribution in [2.24, 2.45) is 5.92 Å². The molecule has 0 bridgehead atoms. The van der Waals surface area contributed by atoms with Crippen molar-refractivity contribution in [2.75, 3.05) is 6.61 Å². The minimum absolute atomic E-state index is 0.250. The summed E-state index contributed by atoms with van der Waals surface area (Å²) in [4.78, 5) is 0. The van der Waals surface area contributed by atoms with Crippen molar-refractivity contribution in [3.63, 3.8) is 0 Å². The molecule has 1 aliphatic rings. The molecular formula is C11H19NO. The van der Waals surface area contributed by atoms with Crippen molar-refractivity contribution in [1.82, 2.24) is 0 Å². The van der Waals surface area contributed by atoms with E-state index < -0.39 is 0 Å². The molecule has 1 fully saturated rings. The Labute approximate surface area is 80.2 Å². The molecule has 2 nitrogen and oxygen atoms in total. The number of aliphatic hydroxyl groups is 1. The lowest BCUT2D eigenvalue weighted by atomic mass is 9.87. The van der Waals surface area contributed by atoms with Crippen LogP contribution in [0.5, 0.6) is 0 Å². The van der Waals surface area contributed by atoms with E-state index in [-0.39, 0.29) is 6.61 Å². The highest BCUT2D eigenvalue weighted by atomic mass is 16.3. The van der Waals surface area contributed by atoms with Crippen LogP contribution in [0.15, 0.2) is 11.6 Å². The van der Waals surface area contributed by atoms with Crippen molar-refractivity contribution in [3.8, 4) is 0 Å². The van der Waals surface area contributed by atoms with Gasteiger partial charge >= 0.3 is 0 Å². The minimum Gasteiger partial charge on any atom is -0.396 e. The lowest BCUT2D eigenvalue weighted by Crippen LogP contribution is -2.11. The lowest BCUT2D eigenvalue weighted by Gasteiger charge is -2.20. The summed E-state index contributed by atoms with van der Waals surface area (Å²) >= 11 is 0. The highest BCUT2D eigenvalue weighted by Gasteiger charge is 2.14. The van der Waals surface area contributed by atoms with Crippen LogP contribution in [0, 0.1) is 11.3 Å². The predicted molar refractivity (Wildman–Crippen MR) is 55.1 cm³/mol. The van der Waals surface area contributed by atoms with Crippen LogP contribution in [0.1, 0.15) is 38.5 Å². The number of hydrogen-bond donors (Lipinski definition) is 2. The molecule has 1 saturated carbocycles. The fourth-order valence-corrected chi connectivity index (χ4v) is 2.00. The Bertz CT molecular complexity index is 187. The highest BCUT2D eigenvalue weighted by Crippen LogP contribution is 2.26. The monoisotopic (exact) mass is 181 g/mol. The maximum absolute atomic E-state index is 9.19. The first-order valence-electron chi connectivity index (χ1n) is 5.19. The van der Waals surface area contributed by atoms with Gasteiger partial charge in [-0.3, -0.25) is 0 Å². The molecule has 1 rings (SSSR count). The Kier molecular flexibility index (Phi) is 4.76. The second-order valence-electron chi connectivity index (χ2n) is 3.74. The molecule has 74 valence electrons. The van der Waals surface area contributed by atoms with Crippen LogP contribution in [-0.2, 0) is 0 Å². The standard InChI is InChI=1S/C11H19NO/c12-8-7-10-5-3-1-2-4-6-11(10)9-13/h7-8,11-13H,1-6,9H2/b10-7+,12-8?. The Hall–Kier alpha value is -0.630. The van der Waals surface area contributed by atoms with Gasteiger partial charge in [-0.1, -0.05) is 24.8 Å². The third kappa shape index (κ3) is 3.31. The van der Waals surface area contributed by atoms with Gasteiger partial charge in [0.05, 0.1) is 0 Å². The number of rotatable bonds is 2. The minimum atomic E-state index is 0.250. The van der Waals surface area contributed by atoms with E-state index in [0.29, 0.717) is 5.92 Å².